The van der Waals surface area contributed by atoms with Crippen molar-refractivity contribution in [2.75, 3.05) is 20.2 Å². The maximum atomic E-state index is 11.1. The van der Waals surface area contributed by atoms with Crippen molar-refractivity contribution in [1.82, 2.24) is 10.3 Å². The number of nitrogens with one attached hydrogen (secondary N) is 1. The van der Waals surface area contributed by atoms with E-state index in [2.05, 4.69) is 22.4 Å². The molecular weight excluding hydrogens is 316 g/mol. The maximum Gasteiger partial charge on any atom is 0.303 e. The number of carboxylic acid groups (broad SMARTS) is 1. The molecule has 1 aliphatic heterocycles. The van der Waals surface area contributed by atoms with Gasteiger partial charge < -0.3 is 15.2 Å². The van der Waals surface area contributed by atoms with Crippen molar-refractivity contribution in [3.63, 3.8) is 0 Å². The number of carbonyl (C=O) groups is 1. The van der Waals surface area contributed by atoms with Gasteiger partial charge in [0.15, 0.2) is 0 Å². The highest BCUT2D eigenvalue weighted by molar-refractivity contribution is 5.83. The van der Waals surface area contributed by atoms with Crippen LogP contribution in [0.15, 0.2) is 30.5 Å². The van der Waals surface area contributed by atoms with Crippen LogP contribution < -0.4 is 10.1 Å². The van der Waals surface area contributed by atoms with Crippen molar-refractivity contribution in [3.05, 3.63) is 36.0 Å². The average Bonchev–Trinajstić information content (AvgIpc) is 2.62. The smallest absolute Gasteiger partial charge is 0.303 e. The van der Waals surface area contributed by atoms with Crippen LogP contribution in [0, 0.1) is 11.8 Å². The molecule has 0 spiro atoms. The van der Waals surface area contributed by atoms with Gasteiger partial charge in [-0.2, -0.15) is 0 Å². The largest absolute Gasteiger partial charge is 0.497 e. The molecule has 0 bridgehead atoms. The number of methoxy groups -OCH3 is 1. The summed E-state index contributed by atoms with van der Waals surface area (Å²) in [7, 11) is 1.68. The molecule has 5 nitrogen and oxygen atoms in total. The van der Waals surface area contributed by atoms with Crippen LogP contribution >= 0.6 is 0 Å². The number of hydrogen-bond acceptors (Lipinski definition) is 4. The maximum absolute atomic E-state index is 11.1. The average molecular weight is 342 g/mol. The number of aryl methyl sites for hydroxylation is 1. The van der Waals surface area contributed by atoms with E-state index in [0.29, 0.717) is 5.92 Å². The van der Waals surface area contributed by atoms with Gasteiger partial charge in [0.05, 0.1) is 12.6 Å². The van der Waals surface area contributed by atoms with Gasteiger partial charge in [0.2, 0.25) is 0 Å². The van der Waals surface area contributed by atoms with Gasteiger partial charge in [0.1, 0.15) is 5.75 Å². The summed E-state index contributed by atoms with van der Waals surface area (Å²) < 4.78 is 5.34. The van der Waals surface area contributed by atoms with E-state index in [1.165, 1.54) is 5.56 Å². The fourth-order valence-electron chi connectivity index (χ4n) is 3.90. The Balaban J connectivity index is 1.65. The molecule has 25 heavy (non-hydrogen) atoms. The predicted molar refractivity (Wildman–Crippen MR) is 98.0 cm³/mol. The Morgan fingerprint density at radius 2 is 2.24 bits per heavy atom. The third-order valence-electron chi connectivity index (χ3n) is 5.26. The third kappa shape index (κ3) is 4.48. The lowest BCUT2D eigenvalue weighted by molar-refractivity contribution is -0.138. The first kappa shape index (κ1) is 17.7. The first-order valence-electron chi connectivity index (χ1n) is 9.01. The van der Waals surface area contributed by atoms with Gasteiger partial charge in [0.25, 0.3) is 0 Å². The topological polar surface area (TPSA) is 71.5 Å². The Hall–Kier alpha value is -2.14. The molecule has 2 aromatic rings. The Labute approximate surface area is 148 Å². The minimum Gasteiger partial charge on any atom is -0.497 e. The SMILES string of the molecule is COc1ccc2nccc(CCC[C@@H]3CCNC[C@H]3CC(=O)O)c2c1. The lowest BCUT2D eigenvalue weighted by Crippen LogP contribution is -2.37. The zero-order valence-electron chi connectivity index (χ0n) is 14.7. The van der Waals surface area contributed by atoms with Crippen LogP contribution in [0.25, 0.3) is 10.9 Å². The molecule has 0 radical (unpaired) electrons. The van der Waals surface area contributed by atoms with Gasteiger partial charge in [-0.15, -0.1) is 0 Å². The second-order valence-electron chi connectivity index (χ2n) is 6.86. The molecule has 5 heteroatoms. The van der Waals surface area contributed by atoms with Crippen LogP contribution in [-0.4, -0.2) is 36.3 Å². The van der Waals surface area contributed by atoms with Crippen molar-refractivity contribution in [1.29, 1.82) is 0 Å². The van der Waals surface area contributed by atoms with Crippen LogP contribution in [0.5, 0.6) is 5.75 Å². The number of fused-ring (bicyclic) bond motifs is 1. The monoisotopic (exact) mass is 342 g/mol. The Morgan fingerprint density at radius 3 is 3.04 bits per heavy atom. The molecular formula is C20H26N2O3. The van der Waals surface area contributed by atoms with E-state index < -0.39 is 5.97 Å². The summed E-state index contributed by atoms with van der Waals surface area (Å²) in [6.07, 6.45) is 6.33. The number of nitrogens with zero attached hydrogens (tertiary/aromatic N) is 1. The van der Waals surface area contributed by atoms with Gasteiger partial charge >= 0.3 is 5.97 Å². The summed E-state index contributed by atoms with van der Waals surface area (Å²) in [5, 5.41) is 13.6. The van der Waals surface area contributed by atoms with E-state index in [-0.39, 0.29) is 12.3 Å². The van der Waals surface area contributed by atoms with Gasteiger partial charge in [-0.05, 0) is 80.4 Å². The number of piperidine rings is 1. The molecule has 0 unspecified atom stereocenters. The number of pyridine rings is 1. The van der Waals surface area contributed by atoms with Crippen molar-refractivity contribution < 1.29 is 14.6 Å². The van der Waals surface area contributed by atoms with Crippen molar-refractivity contribution in [2.24, 2.45) is 11.8 Å². The molecule has 2 N–H and O–H groups in total. The third-order valence-corrected chi connectivity index (χ3v) is 5.26. The first-order chi connectivity index (χ1) is 12.2. The minimum absolute atomic E-state index is 0.250. The van der Waals surface area contributed by atoms with Crippen LogP contribution in [0.3, 0.4) is 0 Å². The highest BCUT2D eigenvalue weighted by Crippen LogP contribution is 2.29. The Kier molecular flexibility index (Phi) is 5.87. The summed E-state index contributed by atoms with van der Waals surface area (Å²) in [6, 6.07) is 8.06. The van der Waals surface area contributed by atoms with Crippen LogP contribution in [0.4, 0.5) is 0 Å². The number of benzene rings is 1. The molecule has 1 saturated heterocycles. The Morgan fingerprint density at radius 1 is 1.36 bits per heavy atom. The summed E-state index contributed by atoms with van der Waals surface area (Å²) in [4.78, 5) is 15.5. The standard InChI is InChI=1S/C20H26N2O3/c1-25-17-5-6-19-18(12-17)15(8-10-22-19)4-2-3-14-7-9-21-13-16(14)11-20(23)24/h5-6,8,10,12,14,16,21H,2-4,7,9,11,13H2,1H3,(H,23,24)/t14-,16-/m1/s1. The number of aromatic nitrogens is 1. The number of carboxylic acids is 1. The zero-order valence-corrected chi connectivity index (χ0v) is 14.7. The molecule has 2 heterocycles. The molecule has 2 atom stereocenters. The molecule has 0 aliphatic carbocycles. The summed E-state index contributed by atoms with van der Waals surface area (Å²) in [6.45, 7) is 1.82. The molecule has 1 aromatic carbocycles. The first-order valence-corrected chi connectivity index (χ1v) is 9.01. The van der Waals surface area contributed by atoms with Gasteiger partial charge in [-0.3, -0.25) is 9.78 Å². The quantitative estimate of drug-likeness (QED) is 0.808. The van der Waals surface area contributed by atoms with Gasteiger partial charge in [-0.25, -0.2) is 0 Å². The van der Waals surface area contributed by atoms with E-state index in [1.807, 2.05) is 18.3 Å². The number of aliphatic carboxylic acids is 1. The molecule has 1 fully saturated rings. The minimum atomic E-state index is -0.689. The van der Waals surface area contributed by atoms with Crippen molar-refractivity contribution in [2.45, 2.75) is 32.1 Å². The normalized spacial score (nSPS) is 20.5. The fourth-order valence-corrected chi connectivity index (χ4v) is 3.90. The van der Waals surface area contributed by atoms with E-state index in [4.69, 9.17) is 9.84 Å². The zero-order chi connectivity index (χ0) is 17.6. The molecule has 1 aliphatic rings. The second-order valence-corrected chi connectivity index (χ2v) is 6.86. The van der Waals surface area contributed by atoms with Gasteiger partial charge in [-0.1, -0.05) is 0 Å². The molecule has 3 rings (SSSR count). The van der Waals surface area contributed by atoms with E-state index >= 15 is 0 Å². The van der Waals surface area contributed by atoms with Crippen molar-refractivity contribution in [3.8, 4) is 5.75 Å². The summed E-state index contributed by atoms with van der Waals surface area (Å²) in [5.74, 6) is 0.910. The van der Waals surface area contributed by atoms with Crippen LogP contribution in [0.2, 0.25) is 0 Å². The van der Waals surface area contributed by atoms with E-state index in [9.17, 15) is 4.79 Å². The number of rotatable bonds is 7. The predicted octanol–water partition coefficient (Wildman–Crippen LogP) is 3.27. The Bertz CT molecular complexity index is 732. The molecule has 134 valence electrons. The number of hydrogen-bond donors (Lipinski definition) is 2. The molecule has 1 aromatic heterocycles. The van der Waals surface area contributed by atoms with E-state index in [0.717, 1.165) is 55.4 Å². The lowest BCUT2D eigenvalue weighted by atomic mass is 9.80. The van der Waals surface area contributed by atoms with E-state index in [1.54, 1.807) is 7.11 Å². The highest BCUT2D eigenvalue weighted by atomic mass is 16.5. The summed E-state index contributed by atoms with van der Waals surface area (Å²) in [5.41, 5.74) is 2.27. The number of ether oxygens (including phenoxy) is 1. The second kappa shape index (κ2) is 8.30. The molecule has 0 saturated carbocycles. The van der Waals surface area contributed by atoms with Gasteiger partial charge in [0, 0.05) is 18.0 Å². The van der Waals surface area contributed by atoms with Crippen molar-refractivity contribution >= 4 is 16.9 Å². The highest BCUT2D eigenvalue weighted by Gasteiger charge is 2.26. The lowest BCUT2D eigenvalue weighted by Gasteiger charge is -2.31. The van der Waals surface area contributed by atoms with Crippen LogP contribution in [0.1, 0.15) is 31.2 Å². The van der Waals surface area contributed by atoms with Crippen LogP contribution in [-0.2, 0) is 11.2 Å². The fraction of sp³-hybridized carbons (Fsp3) is 0.500. The molecule has 0 amide bonds. The summed E-state index contributed by atoms with van der Waals surface area (Å²) >= 11 is 0.